The SMILES string of the molecule is CC(NC(=O)C1CCCNC1)c1ccccc1-n1cccn1. The van der Waals surface area contributed by atoms with Crippen molar-refractivity contribution in [2.45, 2.75) is 25.8 Å². The molecule has 2 aromatic rings. The molecule has 5 heteroatoms. The molecule has 1 saturated heterocycles. The third kappa shape index (κ3) is 3.20. The number of para-hydroxylation sites is 1. The number of amides is 1. The Morgan fingerprint density at radius 3 is 3.00 bits per heavy atom. The lowest BCUT2D eigenvalue weighted by Gasteiger charge is -2.25. The second kappa shape index (κ2) is 6.75. The van der Waals surface area contributed by atoms with Crippen LogP contribution in [0.15, 0.2) is 42.7 Å². The van der Waals surface area contributed by atoms with Crippen molar-refractivity contribution in [1.29, 1.82) is 0 Å². The van der Waals surface area contributed by atoms with Gasteiger partial charge in [0.05, 0.1) is 17.6 Å². The van der Waals surface area contributed by atoms with E-state index < -0.39 is 0 Å². The number of hydrogen-bond acceptors (Lipinski definition) is 3. The van der Waals surface area contributed by atoms with Crippen LogP contribution in [0.4, 0.5) is 0 Å². The largest absolute Gasteiger partial charge is 0.349 e. The number of carbonyl (C=O) groups excluding carboxylic acids is 1. The highest BCUT2D eigenvalue weighted by Crippen LogP contribution is 2.22. The van der Waals surface area contributed by atoms with E-state index in [1.54, 1.807) is 6.20 Å². The number of benzene rings is 1. The van der Waals surface area contributed by atoms with E-state index in [4.69, 9.17) is 0 Å². The van der Waals surface area contributed by atoms with E-state index in [-0.39, 0.29) is 17.9 Å². The van der Waals surface area contributed by atoms with Crippen LogP contribution in [0.5, 0.6) is 0 Å². The molecule has 1 aliphatic rings. The van der Waals surface area contributed by atoms with Gasteiger partial charge in [0.15, 0.2) is 0 Å². The van der Waals surface area contributed by atoms with E-state index in [0.29, 0.717) is 0 Å². The zero-order valence-electron chi connectivity index (χ0n) is 12.8. The minimum absolute atomic E-state index is 0.0465. The molecular formula is C17H22N4O. The summed E-state index contributed by atoms with van der Waals surface area (Å²) in [5, 5.41) is 10.7. The predicted molar refractivity (Wildman–Crippen MR) is 85.7 cm³/mol. The summed E-state index contributed by atoms with van der Waals surface area (Å²) >= 11 is 0. The molecule has 3 rings (SSSR count). The minimum Gasteiger partial charge on any atom is -0.349 e. The van der Waals surface area contributed by atoms with Crippen LogP contribution in [-0.4, -0.2) is 28.8 Å². The van der Waals surface area contributed by atoms with Gasteiger partial charge in [0.25, 0.3) is 0 Å². The second-order valence-electron chi connectivity index (χ2n) is 5.78. The fourth-order valence-corrected chi connectivity index (χ4v) is 2.96. The molecule has 1 aromatic heterocycles. The van der Waals surface area contributed by atoms with Crippen LogP contribution in [0.2, 0.25) is 0 Å². The van der Waals surface area contributed by atoms with Gasteiger partial charge in [-0.3, -0.25) is 4.79 Å². The zero-order chi connectivity index (χ0) is 15.4. The number of nitrogens with one attached hydrogen (secondary N) is 2. The van der Waals surface area contributed by atoms with E-state index in [9.17, 15) is 4.79 Å². The number of nitrogens with zero attached hydrogens (tertiary/aromatic N) is 2. The number of carbonyl (C=O) groups is 1. The molecule has 0 bridgehead atoms. The molecule has 2 heterocycles. The molecule has 116 valence electrons. The summed E-state index contributed by atoms with van der Waals surface area (Å²) in [5.41, 5.74) is 2.07. The van der Waals surface area contributed by atoms with Gasteiger partial charge in [0.2, 0.25) is 5.91 Å². The maximum absolute atomic E-state index is 12.4. The van der Waals surface area contributed by atoms with E-state index in [0.717, 1.165) is 37.2 Å². The first-order chi connectivity index (χ1) is 10.8. The highest BCUT2D eigenvalue weighted by atomic mass is 16.2. The van der Waals surface area contributed by atoms with Crippen molar-refractivity contribution in [2.75, 3.05) is 13.1 Å². The molecule has 1 amide bonds. The molecule has 0 aliphatic carbocycles. The quantitative estimate of drug-likeness (QED) is 0.908. The average molecular weight is 298 g/mol. The van der Waals surface area contributed by atoms with Gasteiger partial charge in [-0.15, -0.1) is 0 Å². The van der Waals surface area contributed by atoms with Crippen LogP contribution in [0.25, 0.3) is 5.69 Å². The molecule has 2 N–H and O–H groups in total. The van der Waals surface area contributed by atoms with Crippen molar-refractivity contribution >= 4 is 5.91 Å². The molecule has 1 aromatic carbocycles. The Morgan fingerprint density at radius 1 is 1.41 bits per heavy atom. The van der Waals surface area contributed by atoms with Crippen molar-refractivity contribution < 1.29 is 4.79 Å². The smallest absolute Gasteiger partial charge is 0.224 e. The van der Waals surface area contributed by atoms with Crippen LogP contribution in [0.3, 0.4) is 0 Å². The van der Waals surface area contributed by atoms with E-state index in [1.807, 2.05) is 48.1 Å². The Morgan fingerprint density at radius 2 is 2.27 bits per heavy atom. The lowest BCUT2D eigenvalue weighted by Crippen LogP contribution is -2.41. The Bertz CT molecular complexity index is 617. The fourth-order valence-electron chi connectivity index (χ4n) is 2.96. The predicted octanol–water partition coefficient (Wildman–Crippen LogP) is 2.05. The molecule has 1 fully saturated rings. The van der Waals surface area contributed by atoms with Gasteiger partial charge in [0, 0.05) is 18.9 Å². The summed E-state index contributed by atoms with van der Waals surface area (Å²) in [4.78, 5) is 12.4. The molecule has 5 nitrogen and oxygen atoms in total. The maximum Gasteiger partial charge on any atom is 0.224 e. The summed E-state index contributed by atoms with van der Waals surface area (Å²) in [6.07, 6.45) is 5.70. The first-order valence-electron chi connectivity index (χ1n) is 7.86. The van der Waals surface area contributed by atoms with Gasteiger partial charge < -0.3 is 10.6 Å². The van der Waals surface area contributed by atoms with E-state index >= 15 is 0 Å². The van der Waals surface area contributed by atoms with Gasteiger partial charge >= 0.3 is 0 Å². The summed E-state index contributed by atoms with van der Waals surface area (Å²) in [6.45, 7) is 3.82. The lowest BCUT2D eigenvalue weighted by atomic mass is 9.97. The highest BCUT2D eigenvalue weighted by molar-refractivity contribution is 5.79. The number of rotatable bonds is 4. The van der Waals surface area contributed by atoms with Crippen molar-refractivity contribution in [2.24, 2.45) is 5.92 Å². The fraction of sp³-hybridized carbons (Fsp3) is 0.412. The Balaban J connectivity index is 1.75. The van der Waals surface area contributed by atoms with Crippen molar-refractivity contribution in [3.05, 3.63) is 48.3 Å². The summed E-state index contributed by atoms with van der Waals surface area (Å²) in [7, 11) is 0. The summed E-state index contributed by atoms with van der Waals surface area (Å²) < 4.78 is 1.83. The van der Waals surface area contributed by atoms with Crippen molar-refractivity contribution in [3.63, 3.8) is 0 Å². The molecule has 22 heavy (non-hydrogen) atoms. The van der Waals surface area contributed by atoms with Gasteiger partial charge in [-0.05, 0) is 44.0 Å². The number of aromatic nitrogens is 2. The molecule has 0 radical (unpaired) electrons. The van der Waals surface area contributed by atoms with Gasteiger partial charge in [-0.25, -0.2) is 4.68 Å². The van der Waals surface area contributed by atoms with Crippen LogP contribution in [-0.2, 0) is 4.79 Å². The van der Waals surface area contributed by atoms with E-state index in [2.05, 4.69) is 15.7 Å². The third-order valence-electron chi connectivity index (χ3n) is 4.18. The zero-order valence-corrected chi connectivity index (χ0v) is 12.8. The molecule has 0 spiro atoms. The summed E-state index contributed by atoms with van der Waals surface area (Å²) in [5.74, 6) is 0.211. The van der Waals surface area contributed by atoms with E-state index in [1.165, 1.54) is 0 Å². The number of piperidine rings is 1. The van der Waals surface area contributed by atoms with Crippen molar-refractivity contribution in [3.8, 4) is 5.69 Å². The van der Waals surface area contributed by atoms with Crippen LogP contribution in [0, 0.1) is 5.92 Å². The Kier molecular flexibility index (Phi) is 4.53. The monoisotopic (exact) mass is 298 g/mol. The van der Waals surface area contributed by atoms with Gasteiger partial charge in [-0.1, -0.05) is 18.2 Å². The third-order valence-corrected chi connectivity index (χ3v) is 4.18. The first kappa shape index (κ1) is 14.8. The number of hydrogen-bond donors (Lipinski definition) is 2. The maximum atomic E-state index is 12.4. The lowest BCUT2D eigenvalue weighted by molar-refractivity contribution is -0.126. The molecule has 2 atom stereocenters. The van der Waals surface area contributed by atoms with Crippen LogP contribution >= 0.6 is 0 Å². The van der Waals surface area contributed by atoms with Crippen LogP contribution in [0.1, 0.15) is 31.4 Å². The van der Waals surface area contributed by atoms with Crippen LogP contribution < -0.4 is 10.6 Å². The second-order valence-corrected chi connectivity index (χ2v) is 5.78. The Labute approximate surface area is 130 Å². The molecule has 2 unspecified atom stereocenters. The standard InChI is InChI=1S/C17H22N4O/c1-13(20-17(22)14-6-4-9-18-12-14)15-7-2-3-8-16(15)21-11-5-10-19-21/h2-3,5,7-8,10-11,13-14,18H,4,6,9,12H2,1H3,(H,20,22). The minimum atomic E-state index is -0.0465. The average Bonchev–Trinajstić information content (AvgIpc) is 3.10. The molecular weight excluding hydrogens is 276 g/mol. The van der Waals surface area contributed by atoms with Gasteiger partial charge in [-0.2, -0.15) is 5.10 Å². The molecule has 1 aliphatic heterocycles. The summed E-state index contributed by atoms with van der Waals surface area (Å²) in [6, 6.07) is 9.89. The topological polar surface area (TPSA) is 59.0 Å². The molecule has 0 saturated carbocycles. The first-order valence-corrected chi connectivity index (χ1v) is 7.86. The highest BCUT2D eigenvalue weighted by Gasteiger charge is 2.23. The Hall–Kier alpha value is -2.14. The normalized spacial score (nSPS) is 19.6. The van der Waals surface area contributed by atoms with Crippen molar-refractivity contribution in [1.82, 2.24) is 20.4 Å². The van der Waals surface area contributed by atoms with Gasteiger partial charge in [0.1, 0.15) is 0 Å².